The summed E-state index contributed by atoms with van der Waals surface area (Å²) in [5, 5.41) is 4.21. The second-order valence-corrected chi connectivity index (χ2v) is 6.00. The number of piperidine rings is 1. The lowest BCUT2D eigenvalue weighted by atomic mass is 9.99. The first-order valence-corrected chi connectivity index (χ1v) is 7.43. The Hall–Kier alpha value is -0.910. The van der Waals surface area contributed by atoms with Crippen LogP contribution in [-0.4, -0.2) is 58.3 Å². The van der Waals surface area contributed by atoms with Gasteiger partial charge in [0.2, 0.25) is 0 Å². The predicted molar refractivity (Wildman–Crippen MR) is 75.8 cm³/mol. The molecule has 106 valence electrons. The van der Waals surface area contributed by atoms with Crippen molar-refractivity contribution in [3.8, 4) is 0 Å². The molecule has 19 heavy (non-hydrogen) atoms. The van der Waals surface area contributed by atoms with Crippen LogP contribution in [0, 0.1) is 0 Å². The van der Waals surface area contributed by atoms with Crippen molar-refractivity contribution >= 4 is 0 Å². The van der Waals surface area contributed by atoms with Crippen LogP contribution in [0.25, 0.3) is 0 Å². The average Bonchev–Trinajstić information content (AvgIpc) is 2.85. The van der Waals surface area contributed by atoms with Crippen LogP contribution >= 0.6 is 0 Å². The molecule has 0 radical (unpaired) electrons. The van der Waals surface area contributed by atoms with Gasteiger partial charge < -0.3 is 5.73 Å². The standard InChI is InChI=1S/C14H25N5/c1-17-9-12(8-16-17)14(15)11-18-6-7-19-5-3-2-4-13(19)10-18/h8-9,13-14H,2-7,10-11,15H2,1H3. The van der Waals surface area contributed by atoms with E-state index in [9.17, 15) is 0 Å². The lowest BCUT2D eigenvalue weighted by Gasteiger charge is -2.44. The molecule has 2 aliphatic heterocycles. The van der Waals surface area contributed by atoms with E-state index in [1.54, 1.807) is 0 Å². The molecule has 2 N–H and O–H groups in total. The first-order chi connectivity index (χ1) is 9.22. The van der Waals surface area contributed by atoms with Crippen molar-refractivity contribution in [2.75, 3.05) is 32.7 Å². The first-order valence-electron chi connectivity index (χ1n) is 7.43. The average molecular weight is 263 g/mol. The summed E-state index contributed by atoms with van der Waals surface area (Å²) in [6.45, 7) is 5.81. The Labute approximate surface area is 115 Å². The summed E-state index contributed by atoms with van der Waals surface area (Å²) in [5.41, 5.74) is 7.45. The Morgan fingerprint density at radius 2 is 2.26 bits per heavy atom. The van der Waals surface area contributed by atoms with E-state index in [0.29, 0.717) is 0 Å². The van der Waals surface area contributed by atoms with Crippen LogP contribution in [0.15, 0.2) is 12.4 Å². The molecule has 0 amide bonds. The maximum atomic E-state index is 6.30. The summed E-state index contributed by atoms with van der Waals surface area (Å²) in [6.07, 6.45) is 8.05. The zero-order valence-corrected chi connectivity index (χ0v) is 11.8. The Morgan fingerprint density at radius 1 is 1.37 bits per heavy atom. The highest BCUT2D eigenvalue weighted by molar-refractivity contribution is 5.10. The number of piperazine rings is 1. The summed E-state index contributed by atoms with van der Waals surface area (Å²) in [4.78, 5) is 5.19. The Bertz CT molecular complexity index is 416. The third-order valence-electron chi connectivity index (χ3n) is 4.53. The fourth-order valence-corrected chi connectivity index (χ4v) is 3.40. The highest BCUT2D eigenvalue weighted by Crippen LogP contribution is 2.22. The van der Waals surface area contributed by atoms with Gasteiger partial charge in [-0.25, -0.2) is 0 Å². The molecule has 5 heteroatoms. The molecule has 2 saturated heterocycles. The Kier molecular flexibility index (Phi) is 3.86. The first kappa shape index (κ1) is 13.1. The lowest BCUT2D eigenvalue weighted by molar-refractivity contribution is 0.0466. The van der Waals surface area contributed by atoms with Crippen LogP contribution in [0.1, 0.15) is 30.9 Å². The SMILES string of the molecule is Cn1cc(C(N)CN2CCN3CCCCC3C2)cn1. The minimum atomic E-state index is 0.0869. The number of aryl methyl sites for hydroxylation is 1. The van der Waals surface area contributed by atoms with Crippen LogP contribution in [-0.2, 0) is 7.05 Å². The molecule has 2 unspecified atom stereocenters. The van der Waals surface area contributed by atoms with Crippen molar-refractivity contribution in [2.45, 2.75) is 31.3 Å². The quantitative estimate of drug-likeness (QED) is 0.867. The number of hydrogen-bond acceptors (Lipinski definition) is 4. The third-order valence-corrected chi connectivity index (χ3v) is 4.53. The molecule has 0 spiro atoms. The normalized spacial score (nSPS) is 27.2. The van der Waals surface area contributed by atoms with E-state index in [0.717, 1.165) is 24.7 Å². The third kappa shape index (κ3) is 2.99. The summed E-state index contributed by atoms with van der Waals surface area (Å²) >= 11 is 0. The topological polar surface area (TPSA) is 50.3 Å². The predicted octanol–water partition coefficient (Wildman–Crippen LogP) is 0.590. The molecule has 0 bridgehead atoms. The molecule has 2 atom stereocenters. The second-order valence-electron chi connectivity index (χ2n) is 6.00. The molecule has 1 aromatic heterocycles. The van der Waals surface area contributed by atoms with E-state index in [1.807, 2.05) is 24.1 Å². The van der Waals surface area contributed by atoms with Gasteiger partial charge in [0.25, 0.3) is 0 Å². The van der Waals surface area contributed by atoms with Crippen LogP contribution < -0.4 is 5.73 Å². The second kappa shape index (κ2) is 5.61. The monoisotopic (exact) mass is 263 g/mol. The Morgan fingerprint density at radius 3 is 3.05 bits per heavy atom. The molecule has 5 nitrogen and oxygen atoms in total. The van der Waals surface area contributed by atoms with Crippen molar-refractivity contribution in [1.29, 1.82) is 0 Å². The fourth-order valence-electron chi connectivity index (χ4n) is 3.40. The summed E-state index contributed by atoms with van der Waals surface area (Å²) < 4.78 is 1.83. The van der Waals surface area contributed by atoms with Crippen molar-refractivity contribution in [3.05, 3.63) is 18.0 Å². The van der Waals surface area contributed by atoms with Crippen LogP contribution in [0.2, 0.25) is 0 Å². The lowest BCUT2D eigenvalue weighted by Crippen LogP contribution is -2.55. The van der Waals surface area contributed by atoms with Crippen LogP contribution in [0.5, 0.6) is 0 Å². The summed E-state index contributed by atoms with van der Waals surface area (Å²) in [7, 11) is 1.94. The Balaban J connectivity index is 1.55. The maximum Gasteiger partial charge on any atom is 0.0537 e. The molecule has 2 fully saturated rings. The molecular weight excluding hydrogens is 238 g/mol. The van der Waals surface area contributed by atoms with E-state index < -0.39 is 0 Å². The highest BCUT2D eigenvalue weighted by atomic mass is 15.3. The van der Waals surface area contributed by atoms with Crippen molar-refractivity contribution in [2.24, 2.45) is 12.8 Å². The molecule has 3 heterocycles. The number of rotatable bonds is 3. The van der Waals surface area contributed by atoms with E-state index in [4.69, 9.17) is 5.73 Å². The number of fused-ring (bicyclic) bond motifs is 1. The zero-order chi connectivity index (χ0) is 13.2. The maximum absolute atomic E-state index is 6.30. The number of hydrogen-bond donors (Lipinski definition) is 1. The van der Waals surface area contributed by atoms with Gasteiger partial charge in [0.15, 0.2) is 0 Å². The van der Waals surface area contributed by atoms with Crippen LogP contribution in [0.4, 0.5) is 0 Å². The van der Waals surface area contributed by atoms with E-state index >= 15 is 0 Å². The highest BCUT2D eigenvalue weighted by Gasteiger charge is 2.29. The smallest absolute Gasteiger partial charge is 0.0537 e. The largest absolute Gasteiger partial charge is 0.323 e. The molecule has 0 aromatic carbocycles. The van der Waals surface area contributed by atoms with Crippen molar-refractivity contribution in [1.82, 2.24) is 19.6 Å². The molecule has 3 rings (SSSR count). The molecule has 2 aliphatic rings. The van der Waals surface area contributed by atoms with Crippen molar-refractivity contribution < 1.29 is 0 Å². The van der Waals surface area contributed by atoms with Gasteiger partial charge in [-0.1, -0.05) is 6.42 Å². The molecule has 1 aromatic rings. The van der Waals surface area contributed by atoms with E-state index in [1.165, 1.54) is 38.9 Å². The van der Waals surface area contributed by atoms with Crippen LogP contribution in [0.3, 0.4) is 0 Å². The van der Waals surface area contributed by atoms with Crippen molar-refractivity contribution in [3.63, 3.8) is 0 Å². The minimum absolute atomic E-state index is 0.0869. The molecule has 0 saturated carbocycles. The van der Waals surface area contributed by atoms with Gasteiger partial charge in [-0.2, -0.15) is 5.10 Å². The van der Waals surface area contributed by atoms with E-state index in [-0.39, 0.29) is 6.04 Å². The number of nitrogens with zero attached hydrogens (tertiary/aromatic N) is 4. The number of nitrogens with two attached hydrogens (primary N) is 1. The summed E-state index contributed by atoms with van der Waals surface area (Å²) in [6, 6.07) is 0.854. The van der Waals surface area contributed by atoms with Gasteiger partial charge in [0.05, 0.1) is 6.20 Å². The zero-order valence-electron chi connectivity index (χ0n) is 11.8. The van der Waals surface area contributed by atoms with Gasteiger partial charge in [0.1, 0.15) is 0 Å². The summed E-state index contributed by atoms with van der Waals surface area (Å²) in [5.74, 6) is 0. The molecular formula is C14H25N5. The van der Waals surface area contributed by atoms with Gasteiger partial charge in [-0.05, 0) is 19.4 Å². The van der Waals surface area contributed by atoms with Gasteiger partial charge in [-0.15, -0.1) is 0 Å². The molecule has 0 aliphatic carbocycles. The minimum Gasteiger partial charge on any atom is -0.323 e. The van der Waals surface area contributed by atoms with Gasteiger partial charge in [-0.3, -0.25) is 14.5 Å². The van der Waals surface area contributed by atoms with Gasteiger partial charge in [0, 0.05) is 57.1 Å². The van der Waals surface area contributed by atoms with E-state index in [2.05, 4.69) is 14.9 Å². The number of aromatic nitrogens is 2. The fraction of sp³-hybridized carbons (Fsp3) is 0.786. The van der Waals surface area contributed by atoms with Gasteiger partial charge >= 0.3 is 0 Å².